The number of hydrogen-bond acceptors (Lipinski definition) is 5. The number of nitrogens with one attached hydrogen (secondary N) is 1. The van der Waals surface area contributed by atoms with Crippen molar-refractivity contribution in [3.05, 3.63) is 82.7 Å². The molecule has 2 aromatic heterocycles. The van der Waals surface area contributed by atoms with Crippen LogP contribution in [0, 0.1) is 27.7 Å². The number of amides is 1. The molecule has 4 rings (SSSR count). The number of ether oxygens (including phenoxy) is 1. The first kappa shape index (κ1) is 20.5. The fourth-order valence-corrected chi connectivity index (χ4v) is 3.38. The highest BCUT2D eigenvalue weighted by Gasteiger charge is 2.09. The van der Waals surface area contributed by atoms with Crippen molar-refractivity contribution in [2.24, 2.45) is 0 Å². The van der Waals surface area contributed by atoms with Gasteiger partial charge in [0.15, 0.2) is 0 Å². The minimum Gasteiger partial charge on any atom is -0.443 e. The third kappa shape index (κ3) is 4.88. The molecule has 0 aliphatic carbocycles. The van der Waals surface area contributed by atoms with Crippen LogP contribution in [0.2, 0.25) is 0 Å². The summed E-state index contributed by atoms with van der Waals surface area (Å²) in [6.45, 7) is 8.74. The van der Waals surface area contributed by atoms with Crippen LogP contribution in [0.5, 0.6) is 0 Å². The van der Waals surface area contributed by atoms with Crippen LogP contribution >= 0.6 is 0 Å². The van der Waals surface area contributed by atoms with Crippen molar-refractivity contribution in [1.82, 2.24) is 19.5 Å². The van der Waals surface area contributed by atoms with Gasteiger partial charge in [-0.05, 0) is 68.7 Å². The van der Waals surface area contributed by atoms with Gasteiger partial charge >= 0.3 is 6.09 Å². The molecule has 0 fully saturated rings. The number of aryl methyl sites for hydroxylation is 4. The van der Waals surface area contributed by atoms with Gasteiger partial charge in [0.1, 0.15) is 6.61 Å². The number of hydrogen-bond donors (Lipinski definition) is 1. The molecule has 0 saturated carbocycles. The van der Waals surface area contributed by atoms with Crippen molar-refractivity contribution < 1.29 is 9.53 Å². The molecule has 4 aromatic rings. The van der Waals surface area contributed by atoms with E-state index in [4.69, 9.17) is 4.74 Å². The lowest BCUT2D eigenvalue weighted by molar-refractivity contribution is 0.154. The Morgan fingerprint density at radius 1 is 1.03 bits per heavy atom. The lowest BCUT2D eigenvalue weighted by Crippen LogP contribution is -2.13. The Balaban J connectivity index is 1.40. The Kier molecular flexibility index (Phi) is 5.66. The third-order valence-corrected chi connectivity index (χ3v) is 5.19. The molecule has 0 aliphatic heterocycles. The van der Waals surface area contributed by atoms with Gasteiger partial charge in [0, 0.05) is 18.4 Å². The van der Waals surface area contributed by atoms with Crippen molar-refractivity contribution in [3.63, 3.8) is 0 Å². The molecule has 158 valence electrons. The van der Waals surface area contributed by atoms with Gasteiger partial charge in [0.2, 0.25) is 0 Å². The van der Waals surface area contributed by atoms with E-state index in [0.717, 1.165) is 39.1 Å². The van der Waals surface area contributed by atoms with Gasteiger partial charge in [0.25, 0.3) is 0 Å². The summed E-state index contributed by atoms with van der Waals surface area (Å²) in [7, 11) is 0. The van der Waals surface area contributed by atoms with E-state index in [2.05, 4.69) is 39.3 Å². The van der Waals surface area contributed by atoms with E-state index >= 15 is 0 Å². The summed E-state index contributed by atoms with van der Waals surface area (Å²) < 4.78 is 7.27. The Morgan fingerprint density at radius 2 is 1.77 bits per heavy atom. The van der Waals surface area contributed by atoms with Crippen LogP contribution in [0.25, 0.3) is 11.0 Å². The van der Waals surface area contributed by atoms with E-state index in [9.17, 15) is 4.79 Å². The summed E-state index contributed by atoms with van der Waals surface area (Å²) >= 11 is 0. The van der Waals surface area contributed by atoms with E-state index in [0.29, 0.717) is 17.9 Å². The standard InChI is InChI=1S/C24H25N5O2/c1-15-6-5-7-20(8-15)28-24(30)31-13-21-12-29(14-25-21)11-19-10-23-22(9-16(19)2)26-17(3)18(4)27-23/h5-10,12,14H,11,13H2,1-4H3,(H,28,30). The molecule has 7 heteroatoms. The van der Waals surface area contributed by atoms with Gasteiger partial charge < -0.3 is 9.30 Å². The van der Waals surface area contributed by atoms with E-state index in [-0.39, 0.29) is 6.61 Å². The summed E-state index contributed by atoms with van der Waals surface area (Å²) in [6.07, 6.45) is 3.12. The molecule has 7 nitrogen and oxygen atoms in total. The first-order valence-electron chi connectivity index (χ1n) is 10.1. The highest BCUT2D eigenvalue weighted by atomic mass is 16.5. The van der Waals surface area contributed by atoms with Crippen LogP contribution in [0.4, 0.5) is 10.5 Å². The van der Waals surface area contributed by atoms with Crippen LogP contribution in [-0.4, -0.2) is 25.6 Å². The summed E-state index contributed by atoms with van der Waals surface area (Å²) in [5.74, 6) is 0. The van der Waals surface area contributed by atoms with Crippen molar-refractivity contribution in [2.75, 3.05) is 5.32 Å². The number of fused-ring (bicyclic) bond motifs is 1. The van der Waals surface area contributed by atoms with E-state index < -0.39 is 6.09 Å². The van der Waals surface area contributed by atoms with Crippen LogP contribution in [0.15, 0.2) is 48.9 Å². The molecule has 2 aromatic carbocycles. The maximum atomic E-state index is 12.0. The SMILES string of the molecule is Cc1cccc(NC(=O)OCc2cn(Cc3cc4nc(C)c(C)nc4cc3C)cn2)c1. The minimum atomic E-state index is -0.505. The second kappa shape index (κ2) is 8.55. The monoisotopic (exact) mass is 415 g/mol. The Bertz CT molecular complexity index is 1260. The average molecular weight is 415 g/mol. The molecule has 0 unspecified atom stereocenters. The average Bonchev–Trinajstić information content (AvgIpc) is 3.16. The van der Waals surface area contributed by atoms with Crippen LogP contribution in [0.1, 0.15) is 33.8 Å². The number of carbonyl (C=O) groups is 1. The maximum absolute atomic E-state index is 12.0. The maximum Gasteiger partial charge on any atom is 0.412 e. The quantitative estimate of drug-likeness (QED) is 0.503. The predicted octanol–water partition coefficient (Wildman–Crippen LogP) is 4.86. The number of aromatic nitrogens is 4. The molecule has 2 heterocycles. The van der Waals surface area contributed by atoms with E-state index in [1.54, 1.807) is 6.33 Å². The second-order valence-corrected chi connectivity index (χ2v) is 7.77. The lowest BCUT2D eigenvalue weighted by atomic mass is 10.1. The van der Waals surface area contributed by atoms with E-state index in [1.807, 2.05) is 55.8 Å². The van der Waals surface area contributed by atoms with E-state index in [1.165, 1.54) is 0 Å². The van der Waals surface area contributed by atoms with Crippen LogP contribution < -0.4 is 5.32 Å². The number of carbonyl (C=O) groups excluding carboxylic acids is 1. The molecule has 0 radical (unpaired) electrons. The normalized spacial score (nSPS) is 11.0. The largest absolute Gasteiger partial charge is 0.443 e. The first-order chi connectivity index (χ1) is 14.9. The van der Waals surface area contributed by atoms with Gasteiger partial charge in [-0.2, -0.15) is 0 Å². The number of benzene rings is 2. The van der Waals surface area contributed by atoms with Crippen molar-refractivity contribution >= 4 is 22.8 Å². The Morgan fingerprint density at radius 3 is 2.52 bits per heavy atom. The fourth-order valence-electron chi connectivity index (χ4n) is 3.38. The Labute approximate surface area is 181 Å². The molecule has 31 heavy (non-hydrogen) atoms. The van der Waals surface area contributed by atoms with Crippen LogP contribution in [-0.2, 0) is 17.9 Å². The number of nitrogens with zero attached hydrogens (tertiary/aromatic N) is 4. The zero-order valence-electron chi connectivity index (χ0n) is 18.1. The molecule has 0 saturated heterocycles. The zero-order chi connectivity index (χ0) is 22.0. The zero-order valence-corrected chi connectivity index (χ0v) is 18.1. The number of rotatable bonds is 5. The van der Waals surface area contributed by atoms with Crippen LogP contribution in [0.3, 0.4) is 0 Å². The minimum absolute atomic E-state index is 0.102. The number of anilines is 1. The number of imidazole rings is 1. The summed E-state index contributed by atoms with van der Waals surface area (Å²) in [6, 6.07) is 11.7. The van der Waals surface area contributed by atoms with Gasteiger partial charge in [-0.3, -0.25) is 5.32 Å². The highest BCUT2D eigenvalue weighted by Crippen LogP contribution is 2.19. The molecule has 1 amide bonds. The van der Waals surface area contributed by atoms with Gasteiger partial charge in [0.05, 0.1) is 34.4 Å². The van der Waals surface area contributed by atoms with Crippen molar-refractivity contribution in [3.8, 4) is 0 Å². The lowest BCUT2D eigenvalue weighted by Gasteiger charge is -2.10. The summed E-state index contributed by atoms with van der Waals surface area (Å²) in [4.78, 5) is 25.7. The smallest absolute Gasteiger partial charge is 0.412 e. The first-order valence-corrected chi connectivity index (χ1v) is 10.1. The molecule has 0 atom stereocenters. The summed E-state index contributed by atoms with van der Waals surface area (Å²) in [5.41, 5.74) is 8.43. The molecular formula is C24H25N5O2. The molecule has 0 bridgehead atoms. The van der Waals surface area contributed by atoms with Gasteiger partial charge in [-0.15, -0.1) is 0 Å². The molecule has 0 aliphatic rings. The predicted molar refractivity (Wildman–Crippen MR) is 120 cm³/mol. The molecule has 1 N–H and O–H groups in total. The van der Waals surface area contributed by atoms with Gasteiger partial charge in [-0.1, -0.05) is 12.1 Å². The fraction of sp³-hybridized carbons (Fsp3) is 0.250. The topological polar surface area (TPSA) is 81.9 Å². The molecular weight excluding hydrogens is 390 g/mol. The molecule has 0 spiro atoms. The highest BCUT2D eigenvalue weighted by molar-refractivity contribution is 5.84. The van der Waals surface area contributed by atoms with Gasteiger partial charge in [-0.25, -0.2) is 19.7 Å². The second-order valence-electron chi connectivity index (χ2n) is 7.77. The summed E-state index contributed by atoms with van der Waals surface area (Å²) in [5, 5.41) is 2.72. The Hall–Kier alpha value is -3.74. The third-order valence-electron chi connectivity index (χ3n) is 5.19. The van der Waals surface area contributed by atoms with Crippen molar-refractivity contribution in [1.29, 1.82) is 0 Å². The van der Waals surface area contributed by atoms with Crippen molar-refractivity contribution in [2.45, 2.75) is 40.8 Å².